The SMILES string of the molecule is NCC1CCCC1C(=O)c1ccncc1F. The van der Waals surface area contributed by atoms with E-state index in [4.69, 9.17) is 5.73 Å². The Balaban J connectivity index is 2.22. The first-order chi connectivity index (χ1) is 7.74. The van der Waals surface area contributed by atoms with E-state index in [-0.39, 0.29) is 23.2 Å². The minimum Gasteiger partial charge on any atom is -0.330 e. The van der Waals surface area contributed by atoms with Gasteiger partial charge in [0, 0.05) is 12.1 Å². The summed E-state index contributed by atoms with van der Waals surface area (Å²) in [5, 5.41) is 0. The third kappa shape index (κ3) is 1.97. The Bertz CT molecular complexity index is 394. The number of hydrogen-bond acceptors (Lipinski definition) is 3. The van der Waals surface area contributed by atoms with Crippen LogP contribution in [0.1, 0.15) is 29.6 Å². The van der Waals surface area contributed by atoms with Crippen molar-refractivity contribution in [3.63, 3.8) is 0 Å². The molecule has 16 heavy (non-hydrogen) atoms. The van der Waals surface area contributed by atoms with Crippen LogP contribution >= 0.6 is 0 Å². The molecule has 1 heterocycles. The van der Waals surface area contributed by atoms with Gasteiger partial charge in [-0.1, -0.05) is 6.42 Å². The number of pyridine rings is 1. The summed E-state index contributed by atoms with van der Waals surface area (Å²) in [5.74, 6) is -0.551. The number of hydrogen-bond donors (Lipinski definition) is 1. The molecule has 2 atom stereocenters. The van der Waals surface area contributed by atoms with Gasteiger partial charge in [0.05, 0.1) is 11.8 Å². The highest BCUT2D eigenvalue weighted by Crippen LogP contribution is 2.33. The molecule has 0 aromatic carbocycles. The first-order valence-electron chi connectivity index (χ1n) is 5.58. The van der Waals surface area contributed by atoms with Crippen LogP contribution in [0.15, 0.2) is 18.5 Å². The molecule has 1 aromatic heterocycles. The van der Waals surface area contributed by atoms with Gasteiger partial charge in [-0.15, -0.1) is 0 Å². The summed E-state index contributed by atoms with van der Waals surface area (Å²) in [5.41, 5.74) is 5.77. The van der Waals surface area contributed by atoms with Gasteiger partial charge in [-0.3, -0.25) is 9.78 Å². The van der Waals surface area contributed by atoms with Crippen molar-refractivity contribution in [2.75, 3.05) is 6.54 Å². The fourth-order valence-electron chi connectivity index (χ4n) is 2.44. The van der Waals surface area contributed by atoms with E-state index < -0.39 is 5.82 Å². The second kappa shape index (κ2) is 4.70. The molecule has 1 aliphatic rings. The van der Waals surface area contributed by atoms with Gasteiger partial charge >= 0.3 is 0 Å². The van der Waals surface area contributed by atoms with E-state index in [1.165, 1.54) is 12.3 Å². The quantitative estimate of drug-likeness (QED) is 0.793. The Morgan fingerprint density at radius 2 is 2.38 bits per heavy atom. The number of ketones is 1. The lowest BCUT2D eigenvalue weighted by molar-refractivity contribution is 0.0889. The molecule has 1 aliphatic carbocycles. The first kappa shape index (κ1) is 11.2. The van der Waals surface area contributed by atoms with Crippen molar-refractivity contribution >= 4 is 5.78 Å². The number of Topliss-reactive ketones (excluding diaryl/α,β-unsaturated/α-hetero) is 1. The summed E-state index contributed by atoms with van der Waals surface area (Å²) < 4.78 is 13.4. The van der Waals surface area contributed by atoms with E-state index in [1.54, 1.807) is 0 Å². The number of nitrogens with zero attached hydrogens (tertiary/aromatic N) is 1. The molecule has 4 heteroatoms. The summed E-state index contributed by atoms with van der Waals surface area (Å²) >= 11 is 0. The summed E-state index contributed by atoms with van der Waals surface area (Å²) in [6, 6.07) is 1.45. The lowest BCUT2D eigenvalue weighted by Gasteiger charge is -2.16. The van der Waals surface area contributed by atoms with Crippen LogP contribution in [-0.4, -0.2) is 17.3 Å². The maximum atomic E-state index is 13.4. The van der Waals surface area contributed by atoms with Crippen molar-refractivity contribution in [1.82, 2.24) is 4.98 Å². The van der Waals surface area contributed by atoms with E-state index >= 15 is 0 Å². The number of carbonyl (C=O) groups excluding carboxylic acids is 1. The summed E-state index contributed by atoms with van der Waals surface area (Å²) in [7, 11) is 0. The molecule has 0 radical (unpaired) electrons. The van der Waals surface area contributed by atoms with Gasteiger partial charge in [0.1, 0.15) is 0 Å². The van der Waals surface area contributed by atoms with E-state index in [1.807, 2.05) is 0 Å². The predicted octanol–water partition coefficient (Wildman–Crippen LogP) is 1.78. The van der Waals surface area contributed by atoms with Crippen molar-refractivity contribution < 1.29 is 9.18 Å². The number of aromatic nitrogens is 1. The van der Waals surface area contributed by atoms with Gasteiger partial charge in [-0.25, -0.2) is 4.39 Å². The second-order valence-electron chi connectivity index (χ2n) is 4.25. The minimum atomic E-state index is -0.532. The lowest BCUT2D eigenvalue weighted by atomic mass is 9.88. The van der Waals surface area contributed by atoms with E-state index in [2.05, 4.69) is 4.98 Å². The van der Waals surface area contributed by atoms with E-state index in [0.717, 1.165) is 25.5 Å². The average molecular weight is 222 g/mol. The molecule has 2 N–H and O–H groups in total. The van der Waals surface area contributed by atoms with Crippen LogP contribution in [0.3, 0.4) is 0 Å². The van der Waals surface area contributed by atoms with Crippen LogP contribution in [0, 0.1) is 17.7 Å². The molecule has 0 aliphatic heterocycles. The average Bonchev–Trinajstić information content (AvgIpc) is 2.77. The zero-order valence-corrected chi connectivity index (χ0v) is 9.03. The number of nitrogens with two attached hydrogens (primary N) is 1. The summed E-state index contributed by atoms with van der Waals surface area (Å²) in [6.45, 7) is 0.503. The zero-order valence-electron chi connectivity index (χ0n) is 9.03. The van der Waals surface area contributed by atoms with Crippen molar-refractivity contribution in [3.8, 4) is 0 Å². The molecule has 1 saturated carbocycles. The number of carbonyl (C=O) groups is 1. The lowest BCUT2D eigenvalue weighted by Crippen LogP contribution is -2.25. The highest BCUT2D eigenvalue weighted by Gasteiger charge is 2.33. The van der Waals surface area contributed by atoms with Crippen molar-refractivity contribution in [1.29, 1.82) is 0 Å². The maximum absolute atomic E-state index is 13.4. The first-order valence-corrected chi connectivity index (χ1v) is 5.58. The molecular formula is C12H15FN2O. The smallest absolute Gasteiger partial charge is 0.169 e. The molecule has 2 rings (SSSR count). The third-order valence-corrected chi connectivity index (χ3v) is 3.34. The normalized spacial score (nSPS) is 24.6. The van der Waals surface area contributed by atoms with Crippen LogP contribution < -0.4 is 5.73 Å². The largest absolute Gasteiger partial charge is 0.330 e. The Hall–Kier alpha value is -1.29. The molecule has 86 valence electrons. The molecule has 0 bridgehead atoms. The van der Waals surface area contributed by atoms with Crippen molar-refractivity contribution in [2.24, 2.45) is 17.6 Å². The predicted molar refractivity (Wildman–Crippen MR) is 58.4 cm³/mol. The van der Waals surface area contributed by atoms with Crippen molar-refractivity contribution in [3.05, 3.63) is 29.8 Å². The van der Waals surface area contributed by atoms with Gasteiger partial charge in [0.15, 0.2) is 11.6 Å². The van der Waals surface area contributed by atoms with Crippen LogP contribution in [0.4, 0.5) is 4.39 Å². The van der Waals surface area contributed by atoms with Gasteiger partial charge in [-0.2, -0.15) is 0 Å². The van der Waals surface area contributed by atoms with Crippen LogP contribution in [0.5, 0.6) is 0 Å². The standard InChI is InChI=1S/C12H15FN2O/c13-11-7-15-5-4-10(11)12(16)9-3-1-2-8(9)6-14/h4-5,7-9H,1-3,6,14H2. The van der Waals surface area contributed by atoms with Gasteiger partial charge in [-0.05, 0) is 31.4 Å². The van der Waals surface area contributed by atoms with Gasteiger partial charge in [0.25, 0.3) is 0 Å². The topological polar surface area (TPSA) is 56.0 Å². The third-order valence-electron chi connectivity index (χ3n) is 3.34. The highest BCUT2D eigenvalue weighted by atomic mass is 19.1. The van der Waals surface area contributed by atoms with E-state index in [0.29, 0.717) is 6.54 Å². The number of rotatable bonds is 3. The Morgan fingerprint density at radius 3 is 3.06 bits per heavy atom. The molecule has 1 aromatic rings. The molecule has 0 spiro atoms. The Labute approximate surface area is 93.9 Å². The molecule has 0 amide bonds. The summed E-state index contributed by atoms with van der Waals surface area (Å²) in [6.07, 6.45) is 5.33. The number of halogens is 1. The van der Waals surface area contributed by atoms with Crippen LogP contribution in [0.25, 0.3) is 0 Å². The molecule has 3 nitrogen and oxygen atoms in total. The zero-order chi connectivity index (χ0) is 11.5. The van der Waals surface area contributed by atoms with Gasteiger partial charge in [0.2, 0.25) is 0 Å². The summed E-state index contributed by atoms with van der Waals surface area (Å²) in [4.78, 5) is 15.8. The molecule has 1 fully saturated rings. The molecule has 0 saturated heterocycles. The minimum absolute atomic E-state index is 0.109. The fourth-order valence-corrected chi connectivity index (χ4v) is 2.44. The van der Waals surface area contributed by atoms with Crippen LogP contribution in [0.2, 0.25) is 0 Å². The Kier molecular flexibility index (Phi) is 3.29. The van der Waals surface area contributed by atoms with Gasteiger partial charge < -0.3 is 5.73 Å². The van der Waals surface area contributed by atoms with E-state index in [9.17, 15) is 9.18 Å². The Morgan fingerprint density at radius 1 is 1.56 bits per heavy atom. The highest BCUT2D eigenvalue weighted by molar-refractivity contribution is 5.98. The monoisotopic (exact) mass is 222 g/mol. The molecular weight excluding hydrogens is 207 g/mol. The second-order valence-corrected chi connectivity index (χ2v) is 4.25. The molecule has 2 unspecified atom stereocenters. The van der Waals surface area contributed by atoms with Crippen molar-refractivity contribution in [2.45, 2.75) is 19.3 Å². The maximum Gasteiger partial charge on any atom is 0.169 e. The van der Waals surface area contributed by atoms with Crippen LogP contribution in [-0.2, 0) is 0 Å². The fraction of sp³-hybridized carbons (Fsp3) is 0.500.